The maximum atomic E-state index is 11.6. The second kappa shape index (κ2) is 6.04. The molecule has 21 heavy (non-hydrogen) atoms. The molecule has 1 aromatic rings. The molecule has 6 nitrogen and oxygen atoms in total. The van der Waals surface area contributed by atoms with Crippen LogP contribution in [0.5, 0.6) is 0 Å². The molecular formula is C14H23N3O3S. The van der Waals surface area contributed by atoms with E-state index in [2.05, 4.69) is 22.4 Å². The van der Waals surface area contributed by atoms with Crippen molar-refractivity contribution in [2.75, 3.05) is 18.1 Å². The topological polar surface area (TPSA) is 85.1 Å². The average molecular weight is 313 g/mol. The highest BCUT2D eigenvalue weighted by atomic mass is 32.2. The van der Waals surface area contributed by atoms with Crippen LogP contribution >= 0.6 is 0 Å². The Kier molecular flexibility index (Phi) is 4.31. The maximum Gasteiger partial charge on any atom is 0.231 e. The van der Waals surface area contributed by atoms with Gasteiger partial charge in [0.05, 0.1) is 17.4 Å². The first-order valence-electron chi connectivity index (χ1n) is 7.86. The molecule has 0 bridgehead atoms. The van der Waals surface area contributed by atoms with E-state index in [0.717, 1.165) is 25.8 Å². The summed E-state index contributed by atoms with van der Waals surface area (Å²) in [5.41, 5.74) is 0. The van der Waals surface area contributed by atoms with E-state index in [9.17, 15) is 8.42 Å². The lowest BCUT2D eigenvalue weighted by atomic mass is 10.0. The molecule has 1 saturated heterocycles. The largest absolute Gasteiger partial charge is 0.339 e. The maximum absolute atomic E-state index is 11.6. The Morgan fingerprint density at radius 3 is 2.90 bits per heavy atom. The smallest absolute Gasteiger partial charge is 0.231 e. The van der Waals surface area contributed by atoms with Crippen LogP contribution in [0.25, 0.3) is 0 Å². The molecule has 7 heteroatoms. The zero-order valence-corrected chi connectivity index (χ0v) is 13.2. The number of sulfone groups is 1. The van der Waals surface area contributed by atoms with Crippen molar-refractivity contribution in [1.82, 2.24) is 15.5 Å². The van der Waals surface area contributed by atoms with E-state index in [1.807, 2.05) is 0 Å². The van der Waals surface area contributed by atoms with Crippen molar-refractivity contribution in [2.45, 2.75) is 56.9 Å². The van der Waals surface area contributed by atoms with E-state index < -0.39 is 9.84 Å². The van der Waals surface area contributed by atoms with E-state index in [1.165, 1.54) is 6.42 Å². The molecular weight excluding hydrogens is 290 g/mol. The van der Waals surface area contributed by atoms with Crippen LogP contribution in [0.3, 0.4) is 0 Å². The summed E-state index contributed by atoms with van der Waals surface area (Å²) in [5, 5.41) is 7.59. The van der Waals surface area contributed by atoms with E-state index in [1.54, 1.807) is 0 Å². The lowest BCUT2D eigenvalue weighted by Gasteiger charge is -2.17. The minimum Gasteiger partial charge on any atom is -0.339 e. The summed E-state index contributed by atoms with van der Waals surface area (Å²) < 4.78 is 28.5. The SMILES string of the molecule is CCCNC1CCCC1c1nc(C2CCS(=O)(=O)C2)no1. The van der Waals surface area contributed by atoms with Crippen molar-refractivity contribution in [3.63, 3.8) is 0 Å². The fourth-order valence-electron chi connectivity index (χ4n) is 3.39. The Balaban J connectivity index is 1.70. The van der Waals surface area contributed by atoms with Crippen LogP contribution in [0.2, 0.25) is 0 Å². The van der Waals surface area contributed by atoms with E-state index >= 15 is 0 Å². The van der Waals surface area contributed by atoms with Gasteiger partial charge in [-0.05, 0) is 32.2 Å². The van der Waals surface area contributed by atoms with Crippen LogP contribution in [-0.4, -0.2) is 42.7 Å². The first-order valence-corrected chi connectivity index (χ1v) is 9.68. The first-order chi connectivity index (χ1) is 10.1. The molecule has 1 aliphatic heterocycles. The van der Waals surface area contributed by atoms with Crippen LogP contribution in [0.15, 0.2) is 4.52 Å². The van der Waals surface area contributed by atoms with Crippen molar-refractivity contribution in [1.29, 1.82) is 0 Å². The Labute approximate surface area is 125 Å². The number of nitrogens with zero attached hydrogens (tertiary/aromatic N) is 2. The van der Waals surface area contributed by atoms with Crippen LogP contribution in [-0.2, 0) is 9.84 Å². The highest BCUT2D eigenvalue weighted by Gasteiger charge is 2.36. The van der Waals surface area contributed by atoms with Gasteiger partial charge in [0.2, 0.25) is 5.89 Å². The Morgan fingerprint density at radius 2 is 2.19 bits per heavy atom. The van der Waals surface area contributed by atoms with E-state index in [4.69, 9.17) is 4.52 Å². The molecule has 0 spiro atoms. The summed E-state index contributed by atoms with van der Waals surface area (Å²) in [6, 6.07) is 0.408. The van der Waals surface area contributed by atoms with Crippen LogP contribution in [0.1, 0.15) is 62.6 Å². The molecule has 3 unspecified atom stereocenters. The predicted molar refractivity (Wildman–Crippen MR) is 79.0 cm³/mol. The van der Waals surface area contributed by atoms with Gasteiger partial charge < -0.3 is 9.84 Å². The van der Waals surface area contributed by atoms with Crippen molar-refractivity contribution < 1.29 is 12.9 Å². The minimum atomic E-state index is -2.91. The second-order valence-corrected chi connectivity index (χ2v) is 8.42. The first kappa shape index (κ1) is 15.0. The van der Waals surface area contributed by atoms with Gasteiger partial charge in [-0.3, -0.25) is 0 Å². The van der Waals surface area contributed by atoms with Gasteiger partial charge in [0, 0.05) is 12.0 Å². The van der Waals surface area contributed by atoms with Crippen LogP contribution < -0.4 is 5.32 Å². The average Bonchev–Trinajstić information content (AvgIpc) is 3.14. The highest BCUT2D eigenvalue weighted by molar-refractivity contribution is 7.91. The number of rotatable bonds is 5. The Hall–Kier alpha value is -0.950. The van der Waals surface area contributed by atoms with E-state index in [0.29, 0.717) is 24.2 Å². The lowest BCUT2D eigenvalue weighted by Crippen LogP contribution is -2.31. The molecule has 0 amide bonds. The number of hydrogen-bond acceptors (Lipinski definition) is 6. The minimum absolute atomic E-state index is 0.0871. The molecule has 1 saturated carbocycles. The molecule has 1 aliphatic carbocycles. The summed E-state index contributed by atoms with van der Waals surface area (Å²) in [7, 11) is -2.91. The molecule has 118 valence electrons. The van der Waals surface area contributed by atoms with Crippen molar-refractivity contribution in [3.8, 4) is 0 Å². The molecule has 0 radical (unpaired) electrons. The van der Waals surface area contributed by atoms with Gasteiger partial charge in [-0.25, -0.2) is 8.42 Å². The molecule has 3 rings (SSSR count). The van der Waals surface area contributed by atoms with Gasteiger partial charge in [-0.15, -0.1) is 0 Å². The third-order valence-corrected chi connectivity index (χ3v) is 6.31. The summed E-state index contributed by atoms with van der Waals surface area (Å²) >= 11 is 0. The van der Waals surface area contributed by atoms with Crippen molar-refractivity contribution in [3.05, 3.63) is 11.7 Å². The summed E-state index contributed by atoms with van der Waals surface area (Å²) in [6.45, 7) is 3.16. The normalized spacial score (nSPS) is 31.8. The standard InChI is InChI=1S/C14H23N3O3S/c1-2-7-15-12-5-3-4-11(12)14-16-13(17-20-14)10-6-8-21(18,19)9-10/h10-12,15H,2-9H2,1H3. The number of nitrogens with one attached hydrogen (secondary N) is 1. The van der Waals surface area contributed by atoms with Gasteiger partial charge in [0.1, 0.15) is 0 Å². The Bertz CT molecular complexity index is 584. The van der Waals surface area contributed by atoms with Gasteiger partial charge >= 0.3 is 0 Å². The number of aromatic nitrogens is 2. The van der Waals surface area contributed by atoms with Gasteiger partial charge in [0.25, 0.3) is 0 Å². The van der Waals surface area contributed by atoms with Crippen molar-refractivity contribution in [2.24, 2.45) is 0 Å². The lowest BCUT2D eigenvalue weighted by molar-refractivity contribution is 0.326. The quantitative estimate of drug-likeness (QED) is 0.889. The van der Waals surface area contributed by atoms with Crippen LogP contribution in [0.4, 0.5) is 0 Å². The van der Waals surface area contributed by atoms with Crippen molar-refractivity contribution >= 4 is 9.84 Å². The second-order valence-electron chi connectivity index (χ2n) is 6.19. The summed E-state index contributed by atoms with van der Waals surface area (Å²) in [5.74, 6) is 1.85. The van der Waals surface area contributed by atoms with E-state index in [-0.39, 0.29) is 23.3 Å². The summed E-state index contributed by atoms with van der Waals surface area (Å²) in [6.07, 6.45) is 5.09. The predicted octanol–water partition coefficient (Wildman–Crippen LogP) is 1.61. The fraction of sp³-hybridized carbons (Fsp3) is 0.857. The monoisotopic (exact) mass is 313 g/mol. The number of hydrogen-bond donors (Lipinski definition) is 1. The highest BCUT2D eigenvalue weighted by Crippen LogP contribution is 2.35. The molecule has 1 aromatic heterocycles. The fourth-order valence-corrected chi connectivity index (χ4v) is 5.13. The Morgan fingerprint density at radius 1 is 1.33 bits per heavy atom. The van der Waals surface area contributed by atoms with Gasteiger partial charge in [0.15, 0.2) is 15.7 Å². The molecule has 2 fully saturated rings. The zero-order chi connectivity index (χ0) is 14.9. The van der Waals surface area contributed by atoms with Crippen LogP contribution in [0, 0.1) is 0 Å². The third kappa shape index (κ3) is 3.29. The van der Waals surface area contributed by atoms with Gasteiger partial charge in [-0.1, -0.05) is 18.5 Å². The molecule has 2 aliphatic rings. The summed E-state index contributed by atoms with van der Waals surface area (Å²) in [4.78, 5) is 4.52. The molecule has 2 heterocycles. The van der Waals surface area contributed by atoms with Gasteiger partial charge in [-0.2, -0.15) is 4.98 Å². The third-order valence-electron chi connectivity index (χ3n) is 4.54. The molecule has 3 atom stereocenters. The molecule has 0 aromatic carbocycles. The molecule has 1 N–H and O–H groups in total. The zero-order valence-electron chi connectivity index (χ0n) is 12.4.